The van der Waals surface area contributed by atoms with E-state index in [-0.39, 0.29) is 0 Å². The molecule has 0 N–H and O–H groups in total. The van der Waals surface area contributed by atoms with E-state index in [0.29, 0.717) is 0 Å². The molecule has 17 heavy (non-hydrogen) atoms. The van der Waals surface area contributed by atoms with Gasteiger partial charge in [0, 0.05) is 0 Å². The van der Waals surface area contributed by atoms with Crippen LogP contribution >= 0.6 is 0 Å². The molecule has 0 atom stereocenters. The fourth-order valence-corrected chi connectivity index (χ4v) is 2.76. The first kappa shape index (κ1) is 11.9. The van der Waals surface area contributed by atoms with E-state index < -0.39 is 0 Å². The Bertz CT molecular complexity index is 512. The van der Waals surface area contributed by atoms with E-state index in [4.69, 9.17) is 0 Å². The summed E-state index contributed by atoms with van der Waals surface area (Å²) in [5, 5.41) is 1.44. The van der Waals surface area contributed by atoms with Gasteiger partial charge in [-0.15, -0.1) is 0 Å². The summed E-state index contributed by atoms with van der Waals surface area (Å²) in [7, 11) is 0.745. The molecule has 1 heteroatoms. The molecule has 84 valence electrons. The van der Waals surface area contributed by atoms with Crippen molar-refractivity contribution in [3.63, 3.8) is 0 Å². The zero-order chi connectivity index (χ0) is 12.1. The smallest absolute Gasteiger partial charge is 0.0927 e. The van der Waals surface area contributed by atoms with Crippen LogP contribution in [0.25, 0.3) is 6.08 Å². The Morgan fingerprint density at radius 1 is 0.882 bits per heavy atom. The zero-order valence-electron chi connectivity index (χ0n) is 10.3. The molecule has 2 aromatic carbocycles. The molecule has 0 saturated heterocycles. The molecule has 0 aromatic heterocycles. The molecule has 0 aliphatic carbocycles. The highest BCUT2D eigenvalue weighted by molar-refractivity contribution is 6.59. The van der Waals surface area contributed by atoms with Crippen molar-refractivity contribution in [2.24, 2.45) is 0 Å². The van der Waals surface area contributed by atoms with Crippen LogP contribution in [-0.2, 0) is 0 Å². The van der Waals surface area contributed by atoms with Crippen LogP contribution in [0.15, 0.2) is 54.2 Å². The third kappa shape index (κ3) is 3.18. The molecule has 2 rings (SSSR count). The van der Waals surface area contributed by atoms with Crippen molar-refractivity contribution in [1.29, 1.82) is 0 Å². The Hall–Kier alpha value is -1.60. The van der Waals surface area contributed by atoms with Crippen LogP contribution in [0.4, 0.5) is 0 Å². The molecule has 0 aliphatic rings. The fraction of sp³-hybridized carbons (Fsp3) is 0.125. The lowest BCUT2D eigenvalue weighted by Crippen LogP contribution is -2.16. The van der Waals surface area contributed by atoms with Crippen molar-refractivity contribution >= 4 is 20.8 Å². The second kappa shape index (κ2) is 5.64. The van der Waals surface area contributed by atoms with Gasteiger partial charge in [-0.1, -0.05) is 65.5 Å². The average Bonchev–Trinajstić information content (AvgIpc) is 2.36. The summed E-state index contributed by atoms with van der Waals surface area (Å²) in [6.45, 7) is 4.37. The third-order valence-electron chi connectivity index (χ3n) is 2.92. The van der Waals surface area contributed by atoms with Crippen molar-refractivity contribution in [3.8, 4) is 0 Å². The predicted molar refractivity (Wildman–Crippen MR) is 76.8 cm³/mol. The summed E-state index contributed by atoms with van der Waals surface area (Å²) >= 11 is 0. The summed E-state index contributed by atoms with van der Waals surface area (Å²) in [6.07, 6.45) is 2.19. The summed E-state index contributed by atoms with van der Waals surface area (Å²) in [5.74, 6) is 0. The topological polar surface area (TPSA) is 0 Å². The van der Waals surface area contributed by atoms with Crippen LogP contribution in [0, 0.1) is 13.8 Å². The average molecular weight is 236 g/mol. The molecule has 0 bridgehead atoms. The number of hydrogen-bond acceptors (Lipinski definition) is 0. The van der Waals surface area contributed by atoms with Gasteiger partial charge in [-0.05, 0) is 30.5 Å². The maximum absolute atomic E-state index is 2.26. The largest absolute Gasteiger partial charge is 0.112 e. The van der Waals surface area contributed by atoms with Crippen molar-refractivity contribution in [1.82, 2.24) is 0 Å². The van der Waals surface area contributed by atoms with Crippen LogP contribution < -0.4 is 5.19 Å². The minimum Gasteiger partial charge on any atom is -0.0927 e. The lowest BCUT2D eigenvalue weighted by atomic mass is 10.1. The molecule has 0 nitrogen and oxygen atoms in total. The van der Waals surface area contributed by atoms with Gasteiger partial charge in [-0.2, -0.15) is 0 Å². The Morgan fingerprint density at radius 2 is 1.65 bits per heavy atom. The predicted octanol–water partition coefficient (Wildman–Crippen LogP) is 3.30. The van der Waals surface area contributed by atoms with Gasteiger partial charge >= 0.3 is 0 Å². The minimum atomic E-state index is 0.745. The normalized spacial score (nSPS) is 10.9. The van der Waals surface area contributed by atoms with E-state index in [9.17, 15) is 0 Å². The molecule has 0 aliphatic heterocycles. The number of hydrogen-bond donors (Lipinski definition) is 0. The molecule has 0 fully saturated rings. The lowest BCUT2D eigenvalue weighted by molar-refractivity contribution is 1.37. The van der Waals surface area contributed by atoms with Gasteiger partial charge < -0.3 is 0 Å². The SMILES string of the molecule is Cc1cccc([Si]/C=C/c2ccccc2)c1C. The first-order chi connectivity index (χ1) is 8.27. The number of benzene rings is 2. The van der Waals surface area contributed by atoms with E-state index in [1.807, 2.05) is 6.07 Å². The second-order valence-electron chi connectivity index (χ2n) is 4.14. The fourth-order valence-electron chi connectivity index (χ4n) is 1.70. The molecule has 0 spiro atoms. The van der Waals surface area contributed by atoms with E-state index in [1.165, 1.54) is 21.9 Å². The monoisotopic (exact) mass is 236 g/mol. The minimum absolute atomic E-state index is 0.745. The highest BCUT2D eigenvalue weighted by Crippen LogP contribution is 2.03. The summed E-state index contributed by atoms with van der Waals surface area (Å²) in [6, 6.07) is 17.0. The Kier molecular flexibility index (Phi) is 3.94. The van der Waals surface area contributed by atoms with Crippen molar-refractivity contribution in [2.75, 3.05) is 0 Å². The zero-order valence-corrected chi connectivity index (χ0v) is 11.3. The number of rotatable bonds is 3. The van der Waals surface area contributed by atoms with Crippen LogP contribution in [-0.4, -0.2) is 9.52 Å². The molecule has 0 heterocycles. The standard InChI is InChI=1S/C16H16Si/c1-13-7-6-10-16(14(13)2)17-12-11-15-8-4-3-5-9-15/h3-12H,1-2H3/b12-11+. The number of aryl methyl sites for hydroxylation is 1. The Morgan fingerprint density at radius 3 is 2.41 bits per heavy atom. The van der Waals surface area contributed by atoms with Gasteiger partial charge in [0.1, 0.15) is 9.52 Å². The molecule has 2 aromatic rings. The third-order valence-corrected chi connectivity index (χ3v) is 4.10. The van der Waals surface area contributed by atoms with Gasteiger partial charge in [0.2, 0.25) is 0 Å². The first-order valence-corrected chi connectivity index (χ1v) is 6.89. The highest BCUT2D eigenvalue weighted by atomic mass is 28.2. The van der Waals surface area contributed by atoms with Crippen LogP contribution in [0.2, 0.25) is 0 Å². The van der Waals surface area contributed by atoms with E-state index in [2.05, 4.69) is 68.1 Å². The summed E-state index contributed by atoms with van der Waals surface area (Å²) in [5.41, 5.74) is 6.33. The molecular formula is C16H16Si. The van der Waals surface area contributed by atoms with Gasteiger partial charge in [0.15, 0.2) is 0 Å². The van der Waals surface area contributed by atoms with Crippen LogP contribution in [0.5, 0.6) is 0 Å². The van der Waals surface area contributed by atoms with Gasteiger partial charge in [0.25, 0.3) is 0 Å². The maximum atomic E-state index is 2.26. The molecule has 0 amide bonds. The lowest BCUT2D eigenvalue weighted by Gasteiger charge is -2.04. The van der Waals surface area contributed by atoms with Crippen LogP contribution in [0.1, 0.15) is 16.7 Å². The van der Waals surface area contributed by atoms with Gasteiger partial charge in [-0.25, -0.2) is 0 Å². The quantitative estimate of drug-likeness (QED) is 0.717. The van der Waals surface area contributed by atoms with E-state index >= 15 is 0 Å². The van der Waals surface area contributed by atoms with Gasteiger partial charge in [0.05, 0.1) is 0 Å². The van der Waals surface area contributed by atoms with Crippen molar-refractivity contribution in [2.45, 2.75) is 13.8 Å². The highest BCUT2D eigenvalue weighted by Gasteiger charge is 1.98. The maximum Gasteiger partial charge on any atom is 0.112 e. The molecule has 0 unspecified atom stereocenters. The molecule has 2 radical (unpaired) electrons. The summed E-state index contributed by atoms with van der Waals surface area (Å²) in [4.78, 5) is 0. The second-order valence-corrected chi connectivity index (χ2v) is 5.30. The Balaban J connectivity index is 2.08. The van der Waals surface area contributed by atoms with E-state index in [0.717, 1.165) is 9.52 Å². The first-order valence-electron chi connectivity index (χ1n) is 5.82. The van der Waals surface area contributed by atoms with Crippen molar-refractivity contribution in [3.05, 3.63) is 70.9 Å². The summed E-state index contributed by atoms with van der Waals surface area (Å²) < 4.78 is 0. The molecular weight excluding hydrogens is 220 g/mol. The molecule has 0 saturated carbocycles. The van der Waals surface area contributed by atoms with Crippen molar-refractivity contribution < 1.29 is 0 Å². The van der Waals surface area contributed by atoms with E-state index in [1.54, 1.807) is 0 Å². The Labute approximate surface area is 106 Å². The van der Waals surface area contributed by atoms with Crippen LogP contribution in [0.3, 0.4) is 0 Å². The van der Waals surface area contributed by atoms with Gasteiger partial charge in [-0.3, -0.25) is 0 Å².